The minimum Gasteiger partial charge on any atom is -0.434 e. The molecule has 2 aromatic carbocycles. The van der Waals surface area contributed by atoms with Gasteiger partial charge in [0, 0.05) is 17.4 Å². The Morgan fingerprint density at radius 2 is 1.93 bits per heavy atom. The number of ether oxygens (including phenoxy) is 1. The van der Waals surface area contributed by atoms with Crippen molar-refractivity contribution in [1.82, 2.24) is 10.2 Å². The van der Waals surface area contributed by atoms with Crippen molar-refractivity contribution >= 4 is 40.2 Å². The van der Waals surface area contributed by atoms with Crippen LogP contribution in [0.5, 0.6) is 5.75 Å². The molecule has 0 aliphatic rings. The van der Waals surface area contributed by atoms with Crippen LogP contribution in [0.3, 0.4) is 0 Å². The van der Waals surface area contributed by atoms with E-state index in [4.69, 9.17) is 0 Å². The molecule has 10 heteroatoms. The van der Waals surface area contributed by atoms with E-state index in [0.717, 1.165) is 5.56 Å². The van der Waals surface area contributed by atoms with Crippen molar-refractivity contribution in [2.75, 3.05) is 5.32 Å². The highest BCUT2D eigenvalue weighted by atomic mass is 32.2. The number of nitrogens with zero attached hydrogens (tertiary/aromatic N) is 2. The SMILES string of the molecule is O=C(/C=C/c1ccccc1OC(F)F)Nc1nnc(SCc2ccc(F)cc2)s1. The Balaban J connectivity index is 1.55. The highest BCUT2D eigenvalue weighted by Crippen LogP contribution is 2.28. The Labute approximate surface area is 172 Å². The number of nitrogens with one attached hydrogen (secondary N) is 1. The van der Waals surface area contributed by atoms with Gasteiger partial charge in [-0.2, -0.15) is 8.78 Å². The molecule has 0 fully saturated rings. The van der Waals surface area contributed by atoms with E-state index < -0.39 is 12.5 Å². The first-order chi connectivity index (χ1) is 14.0. The van der Waals surface area contributed by atoms with Crippen molar-refractivity contribution in [3.8, 4) is 5.75 Å². The van der Waals surface area contributed by atoms with Gasteiger partial charge in [0.15, 0.2) is 4.34 Å². The van der Waals surface area contributed by atoms with E-state index in [9.17, 15) is 18.0 Å². The number of carbonyl (C=O) groups excluding carboxylic acids is 1. The number of hydrogen-bond acceptors (Lipinski definition) is 6. The van der Waals surface area contributed by atoms with Gasteiger partial charge in [-0.25, -0.2) is 4.39 Å². The molecule has 0 aliphatic carbocycles. The van der Waals surface area contributed by atoms with Crippen LogP contribution in [0.15, 0.2) is 58.9 Å². The highest BCUT2D eigenvalue weighted by molar-refractivity contribution is 8.00. The van der Waals surface area contributed by atoms with Gasteiger partial charge in [0.2, 0.25) is 11.0 Å². The predicted octanol–water partition coefficient (Wildman–Crippen LogP) is 5.22. The lowest BCUT2D eigenvalue weighted by atomic mass is 10.2. The summed E-state index contributed by atoms with van der Waals surface area (Å²) in [6.07, 6.45) is 2.57. The average Bonchev–Trinajstić information content (AvgIpc) is 3.14. The number of thioether (sulfide) groups is 1. The molecule has 0 saturated carbocycles. The van der Waals surface area contributed by atoms with E-state index >= 15 is 0 Å². The maximum atomic E-state index is 12.9. The van der Waals surface area contributed by atoms with Crippen LogP contribution >= 0.6 is 23.1 Å². The number of carbonyl (C=O) groups is 1. The third-order valence-corrected chi connectivity index (χ3v) is 5.50. The molecule has 0 atom stereocenters. The van der Waals surface area contributed by atoms with Gasteiger partial charge in [0.05, 0.1) is 0 Å². The first-order valence-electron chi connectivity index (χ1n) is 8.23. The molecule has 1 N–H and O–H groups in total. The summed E-state index contributed by atoms with van der Waals surface area (Å²) >= 11 is 2.60. The number of benzene rings is 2. The Morgan fingerprint density at radius 3 is 2.69 bits per heavy atom. The summed E-state index contributed by atoms with van der Waals surface area (Å²) < 4.78 is 42.8. The van der Waals surface area contributed by atoms with Gasteiger partial charge >= 0.3 is 6.61 Å². The number of rotatable bonds is 8. The topological polar surface area (TPSA) is 64.1 Å². The molecular formula is C19H14F3N3O2S2. The molecule has 0 spiro atoms. The first kappa shape index (κ1) is 20.9. The summed E-state index contributed by atoms with van der Waals surface area (Å²) in [5.41, 5.74) is 1.28. The van der Waals surface area contributed by atoms with E-state index in [1.54, 1.807) is 30.3 Å². The molecular weight excluding hydrogens is 423 g/mol. The van der Waals surface area contributed by atoms with Crippen LogP contribution in [-0.2, 0) is 10.5 Å². The zero-order valence-corrected chi connectivity index (χ0v) is 16.4. The van der Waals surface area contributed by atoms with E-state index in [1.165, 1.54) is 53.4 Å². The van der Waals surface area contributed by atoms with Gasteiger partial charge in [-0.3, -0.25) is 10.1 Å². The molecule has 0 radical (unpaired) electrons. The summed E-state index contributed by atoms with van der Waals surface area (Å²) in [5.74, 6) is -0.218. The minimum atomic E-state index is -2.95. The van der Waals surface area contributed by atoms with Crippen molar-refractivity contribution in [2.45, 2.75) is 16.7 Å². The standard InChI is InChI=1S/C19H14F3N3O2S2/c20-14-8-5-12(6-9-14)11-28-19-25-24-18(29-19)23-16(26)10-7-13-3-1-2-4-15(13)27-17(21)22/h1-10,17H,11H2,(H,23,24,26)/b10-7+. The second-order valence-corrected chi connectivity index (χ2v) is 7.73. The van der Waals surface area contributed by atoms with Gasteiger partial charge < -0.3 is 4.74 Å². The van der Waals surface area contributed by atoms with Crippen molar-refractivity contribution in [3.05, 3.63) is 71.6 Å². The van der Waals surface area contributed by atoms with E-state index in [2.05, 4.69) is 20.3 Å². The third-order valence-electron chi connectivity index (χ3n) is 3.46. The van der Waals surface area contributed by atoms with Crippen molar-refractivity contribution in [1.29, 1.82) is 0 Å². The van der Waals surface area contributed by atoms with Crippen LogP contribution in [0, 0.1) is 5.82 Å². The van der Waals surface area contributed by atoms with Crippen LogP contribution < -0.4 is 10.1 Å². The molecule has 29 heavy (non-hydrogen) atoms. The predicted molar refractivity (Wildman–Crippen MR) is 107 cm³/mol. The molecule has 1 aromatic heterocycles. The molecule has 1 amide bonds. The fourth-order valence-electron chi connectivity index (χ4n) is 2.18. The number of aromatic nitrogens is 2. The fourth-order valence-corrected chi connectivity index (χ4v) is 3.89. The summed E-state index contributed by atoms with van der Waals surface area (Å²) in [5, 5.41) is 10.7. The second kappa shape index (κ2) is 10.1. The molecule has 5 nitrogen and oxygen atoms in total. The fraction of sp³-hybridized carbons (Fsp3) is 0.105. The maximum absolute atomic E-state index is 12.9. The highest BCUT2D eigenvalue weighted by Gasteiger charge is 2.09. The van der Waals surface area contributed by atoms with Crippen molar-refractivity contribution in [2.24, 2.45) is 0 Å². The smallest absolute Gasteiger partial charge is 0.387 e. The van der Waals surface area contributed by atoms with Crippen LogP contribution in [0.2, 0.25) is 0 Å². The Bertz CT molecular complexity index is 994. The molecule has 0 bridgehead atoms. The van der Waals surface area contributed by atoms with E-state index in [0.29, 0.717) is 20.8 Å². The average molecular weight is 437 g/mol. The van der Waals surface area contributed by atoms with E-state index in [-0.39, 0.29) is 11.6 Å². The Morgan fingerprint density at radius 1 is 1.17 bits per heavy atom. The van der Waals surface area contributed by atoms with Crippen molar-refractivity contribution in [3.63, 3.8) is 0 Å². The van der Waals surface area contributed by atoms with Gasteiger partial charge in [0.1, 0.15) is 11.6 Å². The zero-order valence-electron chi connectivity index (χ0n) is 14.7. The molecule has 0 aliphatic heterocycles. The quantitative estimate of drug-likeness (QED) is 0.297. The lowest BCUT2D eigenvalue weighted by Gasteiger charge is -2.07. The lowest BCUT2D eigenvalue weighted by molar-refractivity contribution is -0.111. The summed E-state index contributed by atoms with van der Waals surface area (Å²) in [4.78, 5) is 12.0. The monoisotopic (exact) mass is 437 g/mol. The summed E-state index contributed by atoms with van der Waals surface area (Å²) in [6, 6.07) is 12.3. The normalized spacial score (nSPS) is 11.2. The number of halogens is 3. The van der Waals surface area contributed by atoms with E-state index in [1.807, 2.05) is 0 Å². The number of alkyl halides is 2. The summed E-state index contributed by atoms with van der Waals surface area (Å²) in [7, 11) is 0. The summed E-state index contributed by atoms with van der Waals surface area (Å²) in [6.45, 7) is -2.95. The van der Waals surface area contributed by atoms with Crippen LogP contribution in [-0.4, -0.2) is 22.7 Å². The largest absolute Gasteiger partial charge is 0.434 e. The second-order valence-electron chi connectivity index (χ2n) is 5.53. The van der Waals surface area contributed by atoms with Gasteiger partial charge in [-0.05, 0) is 29.8 Å². The minimum absolute atomic E-state index is 0.0260. The Kier molecular flexibility index (Phi) is 7.25. The van der Waals surface area contributed by atoms with Gasteiger partial charge in [0.25, 0.3) is 0 Å². The van der Waals surface area contributed by atoms with Gasteiger partial charge in [-0.1, -0.05) is 53.4 Å². The number of para-hydroxylation sites is 1. The molecule has 3 aromatic rings. The lowest BCUT2D eigenvalue weighted by Crippen LogP contribution is -2.07. The van der Waals surface area contributed by atoms with Crippen LogP contribution in [0.25, 0.3) is 6.08 Å². The van der Waals surface area contributed by atoms with Crippen LogP contribution in [0.4, 0.5) is 18.3 Å². The molecule has 1 heterocycles. The third kappa shape index (κ3) is 6.61. The van der Waals surface area contributed by atoms with Crippen LogP contribution in [0.1, 0.15) is 11.1 Å². The van der Waals surface area contributed by atoms with Gasteiger partial charge in [-0.15, -0.1) is 10.2 Å². The number of anilines is 1. The Hall–Kier alpha value is -2.85. The zero-order chi connectivity index (χ0) is 20.6. The van der Waals surface area contributed by atoms with Crippen molar-refractivity contribution < 1.29 is 22.7 Å². The molecule has 3 rings (SSSR count). The molecule has 150 valence electrons. The first-order valence-corrected chi connectivity index (χ1v) is 10.0. The maximum Gasteiger partial charge on any atom is 0.387 e. The molecule has 0 unspecified atom stereocenters. The molecule has 0 saturated heterocycles. The number of hydrogen-bond donors (Lipinski definition) is 1. The number of amides is 1.